The highest BCUT2D eigenvalue weighted by atomic mass is 35.5. The molecule has 1 N–H and O–H groups in total. The molecule has 2 heterocycles. The zero-order valence-electron chi connectivity index (χ0n) is 11.2. The normalized spacial score (nSPS) is 16.0. The lowest BCUT2D eigenvalue weighted by Crippen LogP contribution is -2.29. The van der Waals surface area contributed by atoms with Gasteiger partial charge in [-0.1, -0.05) is 6.42 Å². The van der Waals surface area contributed by atoms with E-state index in [1.54, 1.807) is 18.2 Å². The van der Waals surface area contributed by atoms with Gasteiger partial charge in [0.1, 0.15) is 0 Å². The Bertz CT molecular complexity index is 605. The minimum absolute atomic E-state index is 0. The minimum atomic E-state index is -0.350. The maximum Gasteiger partial charge on any atom is 0.270 e. The predicted molar refractivity (Wildman–Crippen MR) is 81.3 cm³/mol. The summed E-state index contributed by atoms with van der Waals surface area (Å²) in [4.78, 5) is 16.2. The number of likely N-dealkylation sites (tertiary alicyclic amines) is 1. The average Bonchev–Trinajstić information content (AvgIpc) is 2.80. The zero-order chi connectivity index (χ0) is 13.2. The Morgan fingerprint density at radius 1 is 1.20 bits per heavy atom. The molecule has 20 heavy (non-hydrogen) atoms. The van der Waals surface area contributed by atoms with Crippen LogP contribution in [-0.4, -0.2) is 27.9 Å². The third kappa shape index (κ3) is 3.11. The van der Waals surface area contributed by atoms with E-state index in [0.29, 0.717) is 0 Å². The molecule has 1 aromatic carbocycles. The second-order valence-electron chi connectivity index (χ2n) is 5.16. The third-order valence-corrected chi connectivity index (χ3v) is 3.71. The topological polar surface area (TPSA) is 62.2 Å². The van der Waals surface area contributed by atoms with Crippen LogP contribution < -0.4 is 0 Å². The zero-order valence-corrected chi connectivity index (χ0v) is 12.0. The highest BCUT2D eigenvalue weighted by Gasteiger charge is 2.13. The predicted octanol–water partition coefficient (Wildman–Crippen LogP) is 3.48. The van der Waals surface area contributed by atoms with Crippen LogP contribution in [0.1, 0.15) is 25.0 Å². The molecular weight excluding hydrogens is 278 g/mol. The molecule has 1 aliphatic heterocycles. The summed E-state index contributed by atoms with van der Waals surface area (Å²) in [7, 11) is 0. The molecule has 1 aromatic heterocycles. The SMILES string of the molecule is Cl.O=[N+]([O-])c1ccc2[nH]c(CN3CCCCC3)cc2c1. The highest BCUT2D eigenvalue weighted by Crippen LogP contribution is 2.22. The van der Waals surface area contributed by atoms with Gasteiger partial charge in [0.05, 0.1) is 4.92 Å². The molecule has 3 rings (SSSR count). The van der Waals surface area contributed by atoms with E-state index < -0.39 is 0 Å². The molecule has 1 aliphatic rings. The van der Waals surface area contributed by atoms with Gasteiger partial charge in [0.15, 0.2) is 0 Å². The number of hydrogen-bond acceptors (Lipinski definition) is 3. The molecule has 0 unspecified atom stereocenters. The van der Waals surface area contributed by atoms with Gasteiger partial charge in [-0.05, 0) is 38.1 Å². The molecule has 6 heteroatoms. The smallest absolute Gasteiger partial charge is 0.270 e. The first kappa shape index (κ1) is 14.8. The summed E-state index contributed by atoms with van der Waals surface area (Å²) in [5.41, 5.74) is 2.26. The van der Waals surface area contributed by atoms with Crippen molar-refractivity contribution < 1.29 is 4.92 Å². The van der Waals surface area contributed by atoms with Crippen molar-refractivity contribution in [3.05, 3.63) is 40.1 Å². The Labute approximate surface area is 123 Å². The fraction of sp³-hybridized carbons (Fsp3) is 0.429. The Morgan fingerprint density at radius 2 is 1.95 bits per heavy atom. The molecule has 1 saturated heterocycles. The second-order valence-corrected chi connectivity index (χ2v) is 5.16. The average molecular weight is 296 g/mol. The van der Waals surface area contributed by atoms with Gasteiger partial charge in [-0.25, -0.2) is 0 Å². The largest absolute Gasteiger partial charge is 0.357 e. The number of halogens is 1. The van der Waals surface area contributed by atoms with Crippen LogP contribution in [0.2, 0.25) is 0 Å². The first-order valence-corrected chi connectivity index (χ1v) is 6.71. The summed E-state index contributed by atoms with van der Waals surface area (Å²) in [5, 5.41) is 11.7. The number of benzene rings is 1. The lowest BCUT2D eigenvalue weighted by atomic mass is 10.1. The summed E-state index contributed by atoms with van der Waals surface area (Å²) in [5.74, 6) is 0. The van der Waals surface area contributed by atoms with E-state index in [1.807, 2.05) is 6.07 Å². The maximum absolute atomic E-state index is 10.8. The fourth-order valence-corrected chi connectivity index (χ4v) is 2.74. The molecule has 108 valence electrons. The summed E-state index contributed by atoms with van der Waals surface area (Å²) < 4.78 is 0. The van der Waals surface area contributed by atoms with E-state index in [1.165, 1.54) is 19.3 Å². The monoisotopic (exact) mass is 295 g/mol. The van der Waals surface area contributed by atoms with Crippen molar-refractivity contribution >= 4 is 29.0 Å². The van der Waals surface area contributed by atoms with Crippen molar-refractivity contribution in [3.8, 4) is 0 Å². The van der Waals surface area contributed by atoms with Crippen LogP contribution in [0.4, 0.5) is 5.69 Å². The molecule has 0 atom stereocenters. The molecule has 0 aliphatic carbocycles. The van der Waals surface area contributed by atoms with E-state index in [2.05, 4.69) is 9.88 Å². The first-order valence-electron chi connectivity index (χ1n) is 6.71. The Hall–Kier alpha value is -1.59. The number of rotatable bonds is 3. The van der Waals surface area contributed by atoms with Gasteiger partial charge in [0.2, 0.25) is 0 Å². The van der Waals surface area contributed by atoms with Crippen molar-refractivity contribution in [1.82, 2.24) is 9.88 Å². The Kier molecular flexibility index (Phi) is 4.62. The first-order chi connectivity index (χ1) is 9.22. The number of H-pyrrole nitrogens is 1. The number of piperidine rings is 1. The van der Waals surface area contributed by atoms with Crippen molar-refractivity contribution in [2.75, 3.05) is 13.1 Å². The third-order valence-electron chi connectivity index (χ3n) is 3.71. The minimum Gasteiger partial charge on any atom is -0.357 e. The molecule has 0 radical (unpaired) electrons. The molecule has 2 aromatic rings. The number of aromatic amines is 1. The summed E-state index contributed by atoms with van der Waals surface area (Å²) in [6, 6.07) is 6.99. The summed E-state index contributed by atoms with van der Waals surface area (Å²) in [6.45, 7) is 3.20. The number of nitrogens with zero attached hydrogens (tertiary/aromatic N) is 2. The van der Waals surface area contributed by atoms with Gasteiger partial charge < -0.3 is 4.98 Å². The van der Waals surface area contributed by atoms with Crippen LogP contribution in [0.15, 0.2) is 24.3 Å². The number of aromatic nitrogens is 1. The van der Waals surface area contributed by atoms with Crippen LogP contribution in [0.25, 0.3) is 10.9 Å². The van der Waals surface area contributed by atoms with Crippen molar-refractivity contribution in [3.63, 3.8) is 0 Å². The van der Waals surface area contributed by atoms with Gasteiger partial charge in [-0.2, -0.15) is 0 Å². The van der Waals surface area contributed by atoms with Gasteiger partial charge >= 0.3 is 0 Å². The summed E-state index contributed by atoms with van der Waals surface area (Å²) >= 11 is 0. The van der Waals surface area contributed by atoms with Gasteiger partial charge in [-0.15, -0.1) is 12.4 Å². The van der Waals surface area contributed by atoms with Crippen LogP contribution in [0.3, 0.4) is 0 Å². The molecular formula is C14H18ClN3O2. The van der Waals surface area contributed by atoms with Gasteiger partial charge in [-0.3, -0.25) is 15.0 Å². The van der Waals surface area contributed by atoms with Crippen LogP contribution >= 0.6 is 12.4 Å². The Morgan fingerprint density at radius 3 is 2.65 bits per heavy atom. The van der Waals surface area contributed by atoms with Crippen LogP contribution in [-0.2, 0) is 6.54 Å². The summed E-state index contributed by atoms with van der Waals surface area (Å²) in [6.07, 6.45) is 3.87. The van der Waals surface area contributed by atoms with Gasteiger partial charge in [0.25, 0.3) is 5.69 Å². The van der Waals surface area contributed by atoms with Crippen molar-refractivity contribution in [1.29, 1.82) is 0 Å². The number of nitro groups is 1. The molecule has 0 bridgehead atoms. The molecule has 0 saturated carbocycles. The van der Waals surface area contributed by atoms with E-state index in [4.69, 9.17) is 0 Å². The number of nitrogens with one attached hydrogen (secondary N) is 1. The van der Waals surface area contributed by atoms with E-state index in [9.17, 15) is 10.1 Å². The lowest BCUT2D eigenvalue weighted by Gasteiger charge is -2.25. The fourth-order valence-electron chi connectivity index (χ4n) is 2.74. The van der Waals surface area contributed by atoms with E-state index in [-0.39, 0.29) is 23.0 Å². The number of nitro benzene ring substituents is 1. The van der Waals surface area contributed by atoms with Crippen LogP contribution in [0, 0.1) is 10.1 Å². The number of hydrogen-bond donors (Lipinski definition) is 1. The maximum atomic E-state index is 10.8. The molecule has 1 fully saturated rings. The van der Waals surface area contributed by atoms with Crippen molar-refractivity contribution in [2.45, 2.75) is 25.8 Å². The molecule has 0 spiro atoms. The van der Waals surface area contributed by atoms with E-state index in [0.717, 1.165) is 36.2 Å². The molecule has 0 amide bonds. The molecule has 5 nitrogen and oxygen atoms in total. The van der Waals surface area contributed by atoms with Crippen LogP contribution in [0.5, 0.6) is 0 Å². The van der Waals surface area contributed by atoms with Crippen molar-refractivity contribution in [2.24, 2.45) is 0 Å². The number of fused-ring (bicyclic) bond motifs is 1. The quantitative estimate of drug-likeness (QED) is 0.696. The standard InChI is InChI=1S/C14H17N3O2.ClH/c18-17(19)13-4-5-14-11(9-13)8-12(15-14)10-16-6-2-1-3-7-16;/h4-5,8-9,15H,1-3,6-7,10H2;1H. The number of non-ortho nitro benzene ring substituents is 1. The Balaban J connectivity index is 0.00000147. The lowest BCUT2D eigenvalue weighted by molar-refractivity contribution is -0.384. The second kappa shape index (κ2) is 6.24. The van der Waals surface area contributed by atoms with E-state index >= 15 is 0 Å². The highest BCUT2D eigenvalue weighted by molar-refractivity contribution is 5.85. The van der Waals surface area contributed by atoms with Gasteiger partial charge in [0, 0.05) is 35.3 Å².